The van der Waals surface area contributed by atoms with Gasteiger partial charge in [-0.15, -0.1) is 124 Å². The molecule has 0 amide bonds. The zero-order valence-electron chi connectivity index (χ0n) is 5.08. The van der Waals surface area contributed by atoms with E-state index in [9.17, 15) is 0 Å². The smallest absolute Gasteiger partial charge is 0.147 e. The van der Waals surface area contributed by atoms with Gasteiger partial charge in [0.2, 0.25) is 0 Å². The van der Waals surface area contributed by atoms with Gasteiger partial charge in [0.15, 0.2) is 17.4 Å². The average Bonchev–Trinajstić information content (AvgIpc) is 0. The summed E-state index contributed by atoms with van der Waals surface area (Å²) in [4.78, 5) is 0. The molecular formula is H13AlCl10Ti2. The molecule has 0 saturated carbocycles. The van der Waals surface area contributed by atoms with Crippen molar-refractivity contribution in [1.29, 1.82) is 0 Å². The van der Waals surface area contributed by atoms with Gasteiger partial charge in [-0.1, -0.05) is 0 Å². The maximum Gasteiger partial charge on any atom is 0.187 e. The molecule has 0 N–H and O–H groups in total. The fourth-order valence-corrected chi connectivity index (χ4v) is 0. The second-order valence-corrected chi connectivity index (χ2v) is 0. The standard InChI is InChI=1S/Al.10ClH.2Ti.3H/h;10*1H;;;;;. The van der Waals surface area contributed by atoms with E-state index in [-0.39, 0.29) is 185 Å². The Hall–Kier alpha value is 4.86. The maximum atomic E-state index is 0. The molecule has 0 nitrogen and oxygen atoms in total. The van der Waals surface area contributed by atoms with E-state index in [2.05, 4.69) is 0 Å². The van der Waals surface area contributed by atoms with Crippen molar-refractivity contribution in [1.82, 2.24) is 0 Å². The Balaban J connectivity index is 0. The third-order valence-corrected chi connectivity index (χ3v) is 0. The van der Waals surface area contributed by atoms with Gasteiger partial charge in [-0.25, -0.2) is 0 Å². The first-order valence-corrected chi connectivity index (χ1v) is 0. The summed E-state index contributed by atoms with van der Waals surface area (Å²) >= 11 is 0. The van der Waals surface area contributed by atoms with Crippen molar-refractivity contribution in [3.8, 4) is 0 Å². The molecule has 0 aliphatic rings. The molecule has 0 spiro atoms. The summed E-state index contributed by atoms with van der Waals surface area (Å²) in [5.41, 5.74) is 0. The normalized spacial score (nSPS) is 0. The van der Waals surface area contributed by atoms with Crippen LogP contribution in [-0.2, 0) is 43.4 Å². The summed E-state index contributed by atoms with van der Waals surface area (Å²) in [5.74, 6) is 0. The molecule has 0 atom stereocenters. The summed E-state index contributed by atoms with van der Waals surface area (Å²) in [6.07, 6.45) is 0. The van der Waals surface area contributed by atoms with Crippen LogP contribution in [0.2, 0.25) is 0 Å². The molecule has 0 saturated heterocycles. The molecule has 0 aliphatic carbocycles. The number of hydrogen-bond acceptors (Lipinski definition) is 0. The van der Waals surface area contributed by atoms with E-state index >= 15 is 0 Å². The fraction of sp³-hybridized carbons (Fsp3) is 0. The predicted octanol–water partition coefficient (Wildman–Crippen LogP) is 3.03. The number of rotatable bonds is 0. The van der Waals surface area contributed by atoms with Crippen LogP contribution in [0.3, 0.4) is 0 Å². The summed E-state index contributed by atoms with van der Waals surface area (Å²) in [5, 5.41) is 0. The summed E-state index contributed by atoms with van der Waals surface area (Å²) in [7, 11) is 0. The first-order valence-electron chi connectivity index (χ1n) is 0. The van der Waals surface area contributed by atoms with Crippen LogP contribution in [0.25, 0.3) is 0 Å². The fourth-order valence-electron chi connectivity index (χ4n) is 0. The minimum atomic E-state index is 0. The van der Waals surface area contributed by atoms with E-state index in [1.807, 2.05) is 0 Å². The second-order valence-electron chi connectivity index (χ2n) is 0. The van der Waals surface area contributed by atoms with Gasteiger partial charge in [-0.2, -0.15) is 0 Å². The van der Waals surface area contributed by atoms with Crippen LogP contribution < -0.4 is 0 Å². The molecule has 0 aromatic carbocycles. The van der Waals surface area contributed by atoms with Crippen molar-refractivity contribution in [2.45, 2.75) is 0 Å². The Labute approximate surface area is 182 Å². The van der Waals surface area contributed by atoms with Gasteiger partial charge in [0.25, 0.3) is 0 Å². The zero-order valence-corrected chi connectivity index (χ0v) is 16.4. The van der Waals surface area contributed by atoms with Crippen molar-refractivity contribution in [2.75, 3.05) is 0 Å². The van der Waals surface area contributed by atoms with Crippen LogP contribution in [0.5, 0.6) is 0 Å². The van der Waals surface area contributed by atoms with Crippen LogP contribution in [-0.4, -0.2) is 17.4 Å². The summed E-state index contributed by atoms with van der Waals surface area (Å²) in [6, 6.07) is 0. The predicted molar refractivity (Wildman–Crippen MR) is 82.4 cm³/mol. The van der Waals surface area contributed by atoms with E-state index in [4.69, 9.17) is 0 Å². The van der Waals surface area contributed by atoms with Crippen LogP contribution in [0.15, 0.2) is 0 Å². The monoisotopic (exact) mass is 486 g/mol. The third-order valence-electron chi connectivity index (χ3n) is 0. The van der Waals surface area contributed by atoms with Crippen LogP contribution in [0.1, 0.15) is 0 Å². The van der Waals surface area contributed by atoms with Crippen molar-refractivity contribution < 1.29 is 43.4 Å². The average molecular weight is 490 g/mol. The minimum Gasteiger partial charge on any atom is -0.147 e. The van der Waals surface area contributed by atoms with E-state index in [0.29, 0.717) is 0 Å². The van der Waals surface area contributed by atoms with Gasteiger partial charge in [0.05, 0.1) is 0 Å². The number of halogens is 10. The Kier molecular flexibility index (Phi) is 2970. The molecule has 0 unspecified atom stereocenters. The van der Waals surface area contributed by atoms with Gasteiger partial charge in [-0.05, 0) is 0 Å². The van der Waals surface area contributed by atoms with E-state index in [1.165, 1.54) is 0 Å². The zero-order chi connectivity index (χ0) is 0. The maximum absolute atomic E-state index is 0. The Bertz CT molecular complexity index is 12.9. The molecule has 94 valence electrons. The third kappa shape index (κ3) is 158. The topological polar surface area (TPSA) is 0 Å². The van der Waals surface area contributed by atoms with Gasteiger partial charge in [0, 0.05) is 43.4 Å². The molecule has 13 heavy (non-hydrogen) atoms. The van der Waals surface area contributed by atoms with Crippen molar-refractivity contribution in [3.05, 3.63) is 0 Å². The molecule has 13 heteroatoms. The Morgan fingerprint density at radius 3 is 0.231 bits per heavy atom. The quantitative estimate of drug-likeness (QED) is 0.459. The first kappa shape index (κ1) is 215. The van der Waals surface area contributed by atoms with Gasteiger partial charge >= 0.3 is 0 Å². The van der Waals surface area contributed by atoms with Gasteiger partial charge in [0.1, 0.15) is 0 Å². The Morgan fingerprint density at radius 2 is 0.231 bits per heavy atom. The second kappa shape index (κ2) is 180. The summed E-state index contributed by atoms with van der Waals surface area (Å²) < 4.78 is 0. The number of hydrogen-bond donors (Lipinski definition) is 0. The van der Waals surface area contributed by atoms with E-state index < -0.39 is 0 Å². The summed E-state index contributed by atoms with van der Waals surface area (Å²) in [6.45, 7) is 0. The first-order chi connectivity index (χ1) is 0. The largest absolute Gasteiger partial charge is 0.187 e. The van der Waals surface area contributed by atoms with E-state index in [0.717, 1.165) is 0 Å². The van der Waals surface area contributed by atoms with E-state index in [1.54, 1.807) is 0 Å². The molecule has 0 bridgehead atoms. The molecule has 0 aliphatic heterocycles. The SMILES string of the molecule is Cl.Cl.Cl.Cl.Cl.Cl.Cl.Cl.Cl.Cl.[AlH3].[Ti].[Ti]. The van der Waals surface area contributed by atoms with Gasteiger partial charge < -0.3 is 0 Å². The minimum absolute atomic E-state index is 0. The molecule has 0 aromatic heterocycles. The molecule has 0 aromatic rings. The van der Waals surface area contributed by atoms with Crippen LogP contribution in [0, 0.1) is 0 Å². The molecule has 0 radical (unpaired) electrons. The Morgan fingerprint density at radius 1 is 0.231 bits per heavy atom. The van der Waals surface area contributed by atoms with Crippen molar-refractivity contribution >= 4 is 141 Å². The molecule has 0 heterocycles. The van der Waals surface area contributed by atoms with Crippen molar-refractivity contribution in [2.24, 2.45) is 0 Å². The molecule has 0 fully saturated rings. The molecular weight excluding hydrogens is 477 g/mol. The van der Waals surface area contributed by atoms with Crippen molar-refractivity contribution in [3.63, 3.8) is 0 Å². The van der Waals surface area contributed by atoms with Crippen LogP contribution in [0.4, 0.5) is 0 Å². The van der Waals surface area contributed by atoms with Gasteiger partial charge in [-0.3, -0.25) is 0 Å². The van der Waals surface area contributed by atoms with Crippen LogP contribution >= 0.6 is 124 Å². The molecule has 0 rings (SSSR count).